The van der Waals surface area contributed by atoms with Crippen molar-refractivity contribution in [2.45, 2.75) is 31.4 Å². The Hall–Kier alpha value is -2.72. The highest BCUT2D eigenvalue weighted by Gasteiger charge is 2.23. The standard InChI is InChI=1S/C27H35ClFN3O5/c1-30-22(13-18-5-4-11-36-17-18)16-32-26(33)20-8-9-24(29)23(15-20)25(19-6-3-7-21(28)14-19)37-12-10-31-27(34)35-2/h3,6-9,14-15,18,22,25,30H,4-5,10-13,16-17H2,1-2H3,(H,31,34)(H,32,33)/t18?,22-,25?/m0/s1. The number of benzene rings is 2. The molecule has 3 atom stereocenters. The molecule has 0 bridgehead atoms. The largest absolute Gasteiger partial charge is 0.453 e. The molecule has 0 spiro atoms. The van der Waals surface area contributed by atoms with Gasteiger partial charge in [0.05, 0.1) is 13.7 Å². The van der Waals surface area contributed by atoms with E-state index in [2.05, 4.69) is 20.7 Å². The molecule has 1 aliphatic heterocycles. The van der Waals surface area contributed by atoms with E-state index in [-0.39, 0.29) is 30.7 Å². The maximum absolute atomic E-state index is 15.0. The van der Waals surface area contributed by atoms with Crippen LogP contribution >= 0.6 is 11.6 Å². The lowest BCUT2D eigenvalue weighted by molar-refractivity contribution is 0.0478. The lowest BCUT2D eigenvalue weighted by Gasteiger charge is -2.26. The monoisotopic (exact) mass is 535 g/mol. The number of halogens is 2. The van der Waals surface area contributed by atoms with Gasteiger partial charge in [0.1, 0.15) is 11.9 Å². The van der Waals surface area contributed by atoms with Gasteiger partial charge >= 0.3 is 6.09 Å². The Morgan fingerprint density at radius 1 is 1.22 bits per heavy atom. The number of methoxy groups -OCH3 is 1. The van der Waals surface area contributed by atoms with Crippen molar-refractivity contribution in [2.24, 2.45) is 5.92 Å². The Kier molecular flexibility index (Phi) is 11.6. The Morgan fingerprint density at radius 2 is 2.05 bits per heavy atom. The number of rotatable bonds is 12. The van der Waals surface area contributed by atoms with Crippen LogP contribution in [0, 0.1) is 11.7 Å². The predicted molar refractivity (Wildman–Crippen MR) is 139 cm³/mol. The fourth-order valence-corrected chi connectivity index (χ4v) is 4.54. The highest BCUT2D eigenvalue weighted by atomic mass is 35.5. The molecular weight excluding hydrogens is 501 g/mol. The fourth-order valence-electron chi connectivity index (χ4n) is 4.34. The molecular formula is C27H35ClFN3O5. The molecule has 202 valence electrons. The number of hydrogen-bond acceptors (Lipinski definition) is 6. The summed E-state index contributed by atoms with van der Waals surface area (Å²) in [7, 11) is 3.14. The quantitative estimate of drug-likeness (QED) is 0.354. The molecule has 0 radical (unpaired) electrons. The van der Waals surface area contributed by atoms with Crippen molar-refractivity contribution in [3.63, 3.8) is 0 Å². The van der Waals surface area contributed by atoms with Gasteiger partial charge < -0.3 is 30.2 Å². The minimum absolute atomic E-state index is 0.0802. The topological polar surface area (TPSA) is 97.9 Å². The first-order valence-electron chi connectivity index (χ1n) is 12.4. The summed E-state index contributed by atoms with van der Waals surface area (Å²) in [5.41, 5.74) is 1.13. The first-order chi connectivity index (χ1) is 17.9. The average molecular weight is 536 g/mol. The summed E-state index contributed by atoms with van der Waals surface area (Å²) in [6.07, 6.45) is 1.63. The van der Waals surface area contributed by atoms with E-state index in [1.165, 1.54) is 25.3 Å². The number of alkyl carbamates (subject to hydrolysis) is 1. The molecule has 0 aliphatic carbocycles. The number of likely N-dealkylation sites (N-methyl/N-ethyl adjacent to an activating group) is 1. The molecule has 1 saturated heterocycles. The molecule has 2 unspecified atom stereocenters. The van der Waals surface area contributed by atoms with E-state index >= 15 is 4.39 Å². The van der Waals surface area contributed by atoms with Crippen LogP contribution in [0.5, 0.6) is 0 Å². The normalized spacial score (nSPS) is 17.0. The number of amides is 2. The third kappa shape index (κ3) is 8.96. The maximum atomic E-state index is 15.0. The Bertz CT molecular complexity index is 1030. The molecule has 37 heavy (non-hydrogen) atoms. The molecule has 2 aromatic rings. The van der Waals surface area contributed by atoms with Crippen LogP contribution in [0.15, 0.2) is 42.5 Å². The minimum Gasteiger partial charge on any atom is -0.453 e. The van der Waals surface area contributed by atoms with Crippen molar-refractivity contribution < 1.29 is 28.2 Å². The third-order valence-corrected chi connectivity index (χ3v) is 6.56. The van der Waals surface area contributed by atoms with Gasteiger partial charge in [0, 0.05) is 48.5 Å². The SMILES string of the molecule is CN[C@H](CNC(=O)c1ccc(F)c(C(OCCNC(=O)OC)c2cccc(Cl)c2)c1)CC1CCCOC1. The molecule has 2 amide bonds. The lowest BCUT2D eigenvalue weighted by atomic mass is 9.94. The molecule has 1 fully saturated rings. The first kappa shape index (κ1) is 28.8. The van der Waals surface area contributed by atoms with Crippen LogP contribution in [0.3, 0.4) is 0 Å². The molecule has 2 aromatic carbocycles. The Balaban J connectivity index is 1.72. The molecule has 0 aromatic heterocycles. The van der Waals surface area contributed by atoms with E-state index in [9.17, 15) is 9.59 Å². The fraction of sp³-hybridized carbons (Fsp3) is 0.481. The molecule has 10 heteroatoms. The summed E-state index contributed by atoms with van der Waals surface area (Å²) in [4.78, 5) is 24.3. The highest BCUT2D eigenvalue weighted by Crippen LogP contribution is 2.30. The van der Waals surface area contributed by atoms with Crippen molar-refractivity contribution in [3.05, 3.63) is 70.0 Å². The van der Waals surface area contributed by atoms with E-state index in [4.69, 9.17) is 21.1 Å². The van der Waals surface area contributed by atoms with Crippen LogP contribution in [-0.2, 0) is 14.2 Å². The van der Waals surface area contributed by atoms with Crippen LogP contribution in [0.25, 0.3) is 0 Å². The van der Waals surface area contributed by atoms with E-state index < -0.39 is 18.0 Å². The zero-order valence-corrected chi connectivity index (χ0v) is 22.0. The van der Waals surface area contributed by atoms with Gasteiger partial charge in [-0.3, -0.25) is 4.79 Å². The van der Waals surface area contributed by atoms with Gasteiger partial charge in [-0.15, -0.1) is 0 Å². The molecule has 3 rings (SSSR count). The van der Waals surface area contributed by atoms with Crippen molar-refractivity contribution >= 4 is 23.6 Å². The molecule has 3 N–H and O–H groups in total. The summed E-state index contributed by atoms with van der Waals surface area (Å²) < 4.78 is 31.1. The van der Waals surface area contributed by atoms with Crippen molar-refractivity contribution in [1.29, 1.82) is 0 Å². The molecule has 0 saturated carbocycles. The van der Waals surface area contributed by atoms with Gasteiger partial charge in [-0.25, -0.2) is 9.18 Å². The van der Waals surface area contributed by atoms with Crippen LogP contribution in [0.2, 0.25) is 5.02 Å². The zero-order valence-electron chi connectivity index (χ0n) is 21.2. The zero-order chi connectivity index (χ0) is 26.6. The van der Waals surface area contributed by atoms with Crippen LogP contribution in [0.1, 0.15) is 46.9 Å². The number of nitrogens with one attached hydrogen (secondary N) is 3. The molecule has 1 aliphatic rings. The average Bonchev–Trinajstić information content (AvgIpc) is 2.91. The second-order valence-electron chi connectivity index (χ2n) is 8.97. The summed E-state index contributed by atoms with van der Waals surface area (Å²) in [6, 6.07) is 11.2. The van der Waals surface area contributed by atoms with Gasteiger partial charge in [-0.2, -0.15) is 0 Å². The first-order valence-corrected chi connectivity index (χ1v) is 12.8. The van der Waals surface area contributed by atoms with E-state index in [0.29, 0.717) is 28.6 Å². The Labute approximate surface area is 222 Å². The van der Waals surface area contributed by atoms with Gasteiger partial charge in [0.25, 0.3) is 5.91 Å². The summed E-state index contributed by atoms with van der Waals surface area (Å²) in [6.45, 7) is 2.23. The second-order valence-corrected chi connectivity index (χ2v) is 9.41. The van der Waals surface area contributed by atoms with Crippen LogP contribution in [-0.4, -0.2) is 65.1 Å². The number of carbonyl (C=O) groups excluding carboxylic acids is 2. The molecule has 1 heterocycles. The smallest absolute Gasteiger partial charge is 0.406 e. The number of hydrogen-bond donors (Lipinski definition) is 3. The third-order valence-electron chi connectivity index (χ3n) is 6.32. The predicted octanol–water partition coefficient (Wildman–Crippen LogP) is 4.08. The van der Waals surface area contributed by atoms with Crippen molar-refractivity contribution in [2.75, 3.05) is 47.1 Å². The maximum Gasteiger partial charge on any atom is 0.406 e. The van der Waals surface area contributed by atoms with E-state index in [0.717, 1.165) is 32.5 Å². The minimum atomic E-state index is -0.845. The van der Waals surface area contributed by atoms with Crippen LogP contribution < -0.4 is 16.0 Å². The van der Waals surface area contributed by atoms with E-state index in [1.54, 1.807) is 24.3 Å². The molecule has 8 nitrogen and oxygen atoms in total. The second kappa shape index (κ2) is 14.9. The van der Waals surface area contributed by atoms with Gasteiger partial charge in [0.2, 0.25) is 0 Å². The summed E-state index contributed by atoms with van der Waals surface area (Å²) in [5, 5.41) is 9.21. The number of carbonyl (C=O) groups is 2. The Morgan fingerprint density at radius 3 is 2.76 bits per heavy atom. The van der Waals surface area contributed by atoms with Gasteiger partial charge in [0.15, 0.2) is 0 Å². The van der Waals surface area contributed by atoms with E-state index in [1.807, 2.05) is 7.05 Å². The van der Waals surface area contributed by atoms with Crippen molar-refractivity contribution in [3.8, 4) is 0 Å². The van der Waals surface area contributed by atoms with Gasteiger partial charge in [-0.1, -0.05) is 23.7 Å². The van der Waals surface area contributed by atoms with Crippen LogP contribution in [0.4, 0.5) is 9.18 Å². The van der Waals surface area contributed by atoms with Gasteiger partial charge in [-0.05, 0) is 68.1 Å². The highest BCUT2D eigenvalue weighted by molar-refractivity contribution is 6.30. The number of ether oxygens (including phenoxy) is 3. The summed E-state index contributed by atoms with van der Waals surface area (Å²) in [5.74, 6) is -0.365. The summed E-state index contributed by atoms with van der Waals surface area (Å²) >= 11 is 6.17. The lowest BCUT2D eigenvalue weighted by Crippen LogP contribution is -2.41. The van der Waals surface area contributed by atoms with Crippen molar-refractivity contribution in [1.82, 2.24) is 16.0 Å².